The first-order valence-corrected chi connectivity index (χ1v) is 10.3. The van der Waals surface area contributed by atoms with E-state index in [0.717, 1.165) is 19.4 Å². The predicted molar refractivity (Wildman–Crippen MR) is 116 cm³/mol. The van der Waals surface area contributed by atoms with Crippen molar-refractivity contribution in [1.82, 2.24) is 9.88 Å². The summed E-state index contributed by atoms with van der Waals surface area (Å²) in [7, 11) is 0. The number of carbonyl (C=O) groups is 2. The maximum Gasteiger partial charge on any atom is 0.229 e. The molecule has 1 aliphatic heterocycles. The second-order valence-corrected chi connectivity index (χ2v) is 7.94. The molecule has 1 unspecified atom stereocenters. The quantitative estimate of drug-likeness (QED) is 0.701. The lowest BCUT2D eigenvalue weighted by atomic mass is 9.97. The second-order valence-electron chi connectivity index (χ2n) is 7.10. The normalized spacial score (nSPS) is 16.5. The van der Waals surface area contributed by atoms with Crippen molar-refractivity contribution in [2.75, 3.05) is 30.3 Å². The first-order chi connectivity index (χ1) is 14.4. The second kappa shape index (κ2) is 10.4. The molecule has 1 fully saturated rings. The van der Waals surface area contributed by atoms with Crippen LogP contribution in [0.25, 0.3) is 0 Å². The summed E-state index contributed by atoms with van der Waals surface area (Å²) >= 11 is 11.8. The van der Waals surface area contributed by atoms with Crippen molar-refractivity contribution in [3.05, 3.63) is 52.1 Å². The van der Waals surface area contributed by atoms with Gasteiger partial charge in [0.15, 0.2) is 0 Å². The fourth-order valence-electron chi connectivity index (χ4n) is 3.32. The highest BCUT2D eigenvalue weighted by atomic mass is 35.5. The summed E-state index contributed by atoms with van der Waals surface area (Å²) in [6.07, 6.45) is 3.47. The van der Waals surface area contributed by atoms with Gasteiger partial charge in [-0.1, -0.05) is 23.2 Å². The lowest BCUT2D eigenvalue weighted by molar-refractivity contribution is -0.121. The Hall–Kier alpha value is -2.66. The summed E-state index contributed by atoms with van der Waals surface area (Å²) in [4.78, 5) is 31.0. The fraction of sp³-hybridized carbons (Fsp3) is 0.333. The third-order valence-electron chi connectivity index (χ3n) is 4.88. The van der Waals surface area contributed by atoms with E-state index in [9.17, 15) is 9.59 Å². The number of anilines is 2. The highest BCUT2D eigenvalue weighted by Crippen LogP contribution is 2.21. The van der Waals surface area contributed by atoms with Gasteiger partial charge < -0.3 is 15.5 Å². The van der Waals surface area contributed by atoms with Crippen LogP contribution in [0.2, 0.25) is 10.0 Å². The summed E-state index contributed by atoms with van der Waals surface area (Å²) in [5, 5.41) is 15.3. The number of carbonyl (C=O) groups excluding carboxylic acids is 2. The number of likely N-dealkylation sites (tertiary alicyclic amines) is 1. The minimum Gasteiger partial charge on any atom is -0.326 e. The Bertz CT molecular complexity index is 959. The predicted octanol–water partition coefficient (Wildman–Crippen LogP) is 3.94. The van der Waals surface area contributed by atoms with E-state index in [-0.39, 0.29) is 17.7 Å². The summed E-state index contributed by atoms with van der Waals surface area (Å²) in [5.74, 6) is 0.0949. The molecule has 156 valence electrons. The zero-order chi connectivity index (χ0) is 21.5. The van der Waals surface area contributed by atoms with E-state index in [1.807, 2.05) is 6.07 Å². The standard InChI is InChI=1S/C21H21Cl2N5O2/c22-16-4-6-19(25-12-16)27-21(30)15-2-1-8-28(13-15)9-7-20(29)26-17-5-3-14(11-24)18(23)10-17/h3-6,10,12,15H,1-2,7-9,13H2,(H,26,29)(H,25,27,30). The molecule has 0 saturated carbocycles. The van der Waals surface area contributed by atoms with Gasteiger partial charge in [-0.05, 0) is 49.7 Å². The molecule has 1 atom stereocenters. The number of halogens is 2. The molecule has 1 aliphatic rings. The summed E-state index contributed by atoms with van der Waals surface area (Å²) in [5.41, 5.74) is 0.913. The van der Waals surface area contributed by atoms with Crippen LogP contribution in [-0.4, -0.2) is 41.3 Å². The smallest absolute Gasteiger partial charge is 0.229 e. The van der Waals surface area contributed by atoms with Gasteiger partial charge in [-0.15, -0.1) is 0 Å². The zero-order valence-corrected chi connectivity index (χ0v) is 17.7. The Morgan fingerprint density at radius 3 is 2.77 bits per heavy atom. The zero-order valence-electron chi connectivity index (χ0n) is 16.2. The van der Waals surface area contributed by atoms with Crippen molar-refractivity contribution in [3.63, 3.8) is 0 Å². The summed E-state index contributed by atoms with van der Waals surface area (Å²) < 4.78 is 0. The van der Waals surface area contributed by atoms with Gasteiger partial charge in [0, 0.05) is 31.4 Å². The van der Waals surface area contributed by atoms with Gasteiger partial charge in [-0.3, -0.25) is 9.59 Å². The van der Waals surface area contributed by atoms with Crippen molar-refractivity contribution < 1.29 is 9.59 Å². The number of hydrogen-bond donors (Lipinski definition) is 2. The summed E-state index contributed by atoms with van der Waals surface area (Å²) in [6, 6.07) is 10.1. The van der Waals surface area contributed by atoms with Gasteiger partial charge >= 0.3 is 0 Å². The number of nitrogens with zero attached hydrogens (tertiary/aromatic N) is 3. The monoisotopic (exact) mass is 445 g/mol. The number of aromatic nitrogens is 1. The van der Waals surface area contributed by atoms with E-state index in [1.165, 1.54) is 6.20 Å². The maximum atomic E-state index is 12.5. The average Bonchev–Trinajstić information content (AvgIpc) is 2.74. The number of piperidine rings is 1. The fourth-order valence-corrected chi connectivity index (χ4v) is 3.65. The molecule has 2 heterocycles. The number of pyridine rings is 1. The first-order valence-electron chi connectivity index (χ1n) is 9.59. The van der Waals surface area contributed by atoms with Crippen LogP contribution in [0, 0.1) is 17.2 Å². The average molecular weight is 446 g/mol. The van der Waals surface area contributed by atoms with Crippen LogP contribution in [-0.2, 0) is 9.59 Å². The van der Waals surface area contributed by atoms with Crippen LogP contribution in [0.1, 0.15) is 24.8 Å². The van der Waals surface area contributed by atoms with Crippen molar-refractivity contribution in [2.24, 2.45) is 5.92 Å². The van der Waals surface area contributed by atoms with Crippen LogP contribution in [0.3, 0.4) is 0 Å². The molecular formula is C21H21Cl2N5O2. The van der Waals surface area contributed by atoms with E-state index < -0.39 is 0 Å². The van der Waals surface area contributed by atoms with Crippen LogP contribution in [0.5, 0.6) is 0 Å². The lowest BCUT2D eigenvalue weighted by Gasteiger charge is -2.31. The molecule has 30 heavy (non-hydrogen) atoms. The van der Waals surface area contributed by atoms with E-state index in [2.05, 4.69) is 20.5 Å². The van der Waals surface area contributed by atoms with E-state index in [1.54, 1.807) is 30.3 Å². The minimum atomic E-state index is -0.156. The Morgan fingerprint density at radius 2 is 2.07 bits per heavy atom. The van der Waals surface area contributed by atoms with Crippen molar-refractivity contribution in [2.45, 2.75) is 19.3 Å². The molecule has 0 radical (unpaired) electrons. The number of rotatable bonds is 6. The van der Waals surface area contributed by atoms with Gasteiger partial charge in [0.25, 0.3) is 0 Å². The van der Waals surface area contributed by atoms with Crippen LogP contribution < -0.4 is 10.6 Å². The van der Waals surface area contributed by atoms with Gasteiger partial charge in [0.1, 0.15) is 11.9 Å². The topological polar surface area (TPSA) is 98.1 Å². The molecule has 1 saturated heterocycles. The number of hydrogen-bond acceptors (Lipinski definition) is 5. The molecule has 0 bridgehead atoms. The third kappa shape index (κ3) is 6.17. The SMILES string of the molecule is N#Cc1ccc(NC(=O)CCN2CCCC(C(=O)Nc3ccc(Cl)cn3)C2)cc1Cl. The molecule has 0 aliphatic carbocycles. The first kappa shape index (κ1) is 22.0. The van der Waals surface area contributed by atoms with Crippen molar-refractivity contribution in [3.8, 4) is 6.07 Å². The minimum absolute atomic E-state index is 0.0776. The van der Waals surface area contributed by atoms with E-state index in [0.29, 0.717) is 46.6 Å². The molecule has 0 spiro atoms. The van der Waals surface area contributed by atoms with Gasteiger partial charge in [0.2, 0.25) is 11.8 Å². The molecule has 2 aromatic rings. The molecule has 1 aromatic heterocycles. The Morgan fingerprint density at radius 1 is 1.23 bits per heavy atom. The van der Waals surface area contributed by atoms with Gasteiger partial charge in [-0.25, -0.2) is 4.98 Å². The van der Waals surface area contributed by atoms with Crippen LogP contribution >= 0.6 is 23.2 Å². The largest absolute Gasteiger partial charge is 0.326 e. The Labute approximate surface area is 185 Å². The Balaban J connectivity index is 1.46. The highest BCUT2D eigenvalue weighted by molar-refractivity contribution is 6.32. The lowest BCUT2D eigenvalue weighted by Crippen LogP contribution is -2.41. The van der Waals surface area contributed by atoms with Gasteiger partial charge in [-0.2, -0.15) is 5.26 Å². The summed E-state index contributed by atoms with van der Waals surface area (Å²) in [6.45, 7) is 1.99. The molecule has 7 nitrogen and oxygen atoms in total. The molecule has 3 rings (SSSR count). The molecule has 2 amide bonds. The molecular weight excluding hydrogens is 425 g/mol. The molecule has 1 aromatic carbocycles. The van der Waals surface area contributed by atoms with E-state index >= 15 is 0 Å². The number of nitriles is 1. The number of benzene rings is 1. The third-order valence-corrected chi connectivity index (χ3v) is 5.42. The van der Waals surface area contributed by atoms with Crippen molar-refractivity contribution in [1.29, 1.82) is 5.26 Å². The highest BCUT2D eigenvalue weighted by Gasteiger charge is 2.26. The van der Waals surface area contributed by atoms with Crippen molar-refractivity contribution >= 4 is 46.5 Å². The number of nitrogens with one attached hydrogen (secondary N) is 2. The molecule has 2 N–H and O–H groups in total. The molecule has 9 heteroatoms. The number of amides is 2. The Kier molecular flexibility index (Phi) is 7.63. The van der Waals surface area contributed by atoms with E-state index in [4.69, 9.17) is 28.5 Å². The van der Waals surface area contributed by atoms with Crippen LogP contribution in [0.15, 0.2) is 36.5 Å². The van der Waals surface area contributed by atoms with Gasteiger partial charge in [0.05, 0.1) is 21.5 Å². The van der Waals surface area contributed by atoms with Crippen LogP contribution in [0.4, 0.5) is 11.5 Å². The maximum absolute atomic E-state index is 12.5.